The summed E-state index contributed by atoms with van der Waals surface area (Å²) in [5, 5.41) is 3.73. The summed E-state index contributed by atoms with van der Waals surface area (Å²) in [7, 11) is 0. The molecule has 4 heteroatoms. The second-order valence-corrected chi connectivity index (χ2v) is 5.37. The average molecular weight is 272 g/mol. The summed E-state index contributed by atoms with van der Waals surface area (Å²) in [4.78, 5) is 0. The van der Waals surface area contributed by atoms with Gasteiger partial charge in [0.1, 0.15) is 5.82 Å². The molecule has 0 aromatic heterocycles. The summed E-state index contributed by atoms with van der Waals surface area (Å²) in [5.74, 6) is -0.368. The topological polar surface area (TPSA) is 21.3 Å². The minimum absolute atomic E-state index is 0.165. The van der Waals surface area contributed by atoms with Gasteiger partial charge in [-0.15, -0.1) is 0 Å². The van der Waals surface area contributed by atoms with Gasteiger partial charge in [-0.05, 0) is 44.4 Å². The largest absolute Gasteiger partial charge is 0.378 e. The third-order valence-electron chi connectivity index (χ3n) is 3.41. The van der Waals surface area contributed by atoms with Crippen LogP contribution in [0.25, 0.3) is 0 Å². The number of halogens is 2. The standard InChI is InChI=1S/C14H19ClFNO/c1-9-7-12(5-6-18-9)17-10(2)11-3-4-14(16)13(15)8-11/h3-4,8-10,12,17H,5-7H2,1-2H3. The van der Waals surface area contributed by atoms with Gasteiger partial charge in [0.2, 0.25) is 0 Å². The van der Waals surface area contributed by atoms with Gasteiger partial charge in [-0.3, -0.25) is 0 Å². The van der Waals surface area contributed by atoms with Crippen molar-refractivity contribution in [3.8, 4) is 0 Å². The Hall–Kier alpha value is -0.640. The summed E-state index contributed by atoms with van der Waals surface area (Å²) < 4.78 is 18.6. The van der Waals surface area contributed by atoms with Crippen LogP contribution in [0.4, 0.5) is 4.39 Å². The maximum atomic E-state index is 13.1. The monoisotopic (exact) mass is 271 g/mol. The molecule has 3 atom stereocenters. The first kappa shape index (κ1) is 13.8. The third kappa shape index (κ3) is 3.44. The van der Waals surface area contributed by atoms with E-state index in [-0.39, 0.29) is 16.9 Å². The summed E-state index contributed by atoms with van der Waals surface area (Å²) in [6.07, 6.45) is 2.34. The van der Waals surface area contributed by atoms with Crippen LogP contribution in [0, 0.1) is 5.82 Å². The van der Waals surface area contributed by atoms with E-state index in [9.17, 15) is 4.39 Å². The van der Waals surface area contributed by atoms with Gasteiger partial charge in [-0.1, -0.05) is 17.7 Å². The lowest BCUT2D eigenvalue weighted by Crippen LogP contribution is -2.39. The van der Waals surface area contributed by atoms with E-state index in [1.807, 2.05) is 0 Å². The van der Waals surface area contributed by atoms with Crippen molar-refractivity contribution >= 4 is 11.6 Å². The molecule has 100 valence electrons. The first-order valence-corrected chi connectivity index (χ1v) is 6.76. The van der Waals surface area contributed by atoms with Crippen LogP contribution in [0.1, 0.15) is 38.3 Å². The SMILES string of the molecule is CC1CC(NC(C)c2ccc(F)c(Cl)c2)CCO1. The molecule has 0 bridgehead atoms. The van der Waals surface area contributed by atoms with Crippen LogP contribution in [0.15, 0.2) is 18.2 Å². The Bertz CT molecular complexity index is 413. The van der Waals surface area contributed by atoms with Crippen molar-refractivity contribution < 1.29 is 9.13 Å². The van der Waals surface area contributed by atoms with Crippen molar-refractivity contribution in [2.45, 2.75) is 44.9 Å². The molecule has 1 aliphatic heterocycles. The highest BCUT2D eigenvalue weighted by atomic mass is 35.5. The second-order valence-electron chi connectivity index (χ2n) is 4.96. The molecule has 0 aliphatic carbocycles. The molecule has 3 unspecified atom stereocenters. The molecule has 2 rings (SSSR count). The van der Waals surface area contributed by atoms with E-state index in [1.54, 1.807) is 12.1 Å². The van der Waals surface area contributed by atoms with Crippen molar-refractivity contribution in [1.82, 2.24) is 5.32 Å². The molecule has 1 N–H and O–H groups in total. The van der Waals surface area contributed by atoms with Crippen LogP contribution >= 0.6 is 11.6 Å². The minimum atomic E-state index is -0.368. The van der Waals surface area contributed by atoms with Crippen LogP contribution in [-0.2, 0) is 4.74 Å². The van der Waals surface area contributed by atoms with E-state index in [0.717, 1.165) is 25.0 Å². The number of hydrogen-bond donors (Lipinski definition) is 1. The van der Waals surface area contributed by atoms with Crippen molar-refractivity contribution in [1.29, 1.82) is 0 Å². The van der Waals surface area contributed by atoms with E-state index in [4.69, 9.17) is 16.3 Å². The summed E-state index contributed by atoms with van der Waals surface area (Å²) in [6.45, 7) is 4.96. The number of nitrogens with one attached hydrogen (secondary N) is 1. The predicted octanol–water partition coefficient (Wildman–Crippen LogP) is 3.70. The zero-order valence-electron chi connectivity index (χ0n) is 10.7. The van der Waals surface area contributed by atoms with Gasteiger partial charge < -0.3 is 10.1 Å². The summed E-state index contributed by atoms with van der Waals surface area (Å²) >= 11 is 5.80. The van der Waals surface area contributed by atoms with Gasteiger partial charge in [-0.2, -0.15) is 0 Å². The molecule has 1 heterocycles. The molecular formula is C14H19ClFNO. The Kier molecular flexibility index (Phi) is 4.60. The molecule has 0 radical (unpaired) electrons. The molecule has 1 aromatic carbocycles. The first-order chi connectivity index (χ1) is 8.56. The lowest BCUT2D eigenvalue weighted by molar-refractivity contribution is 0.0116. The van der Waals surface area contributed by atoms with Crippen LogP contribution in [0.2, 0.25) is 5.02 Å². The fourth-order valence-corrected chi connectivity index (χ4v) is 2.57. The average Bonchev–Trinajstić information content (AvgIpc) is 2.32. The molecule has 2 nitrogen and oxygen atoms in total. The van der Waals surface area contributed by atoms with Gasteiger partial charge in [0.15, 0.2) is 0 Å². The molecule has 0 amide bonds. The highest BCUT2D eigenvalue weighted by molar-refractivity contribution is 6.30. The maximum Gasteiger partial charge on any atom is 0.141 e. The molecule has 1 aromatic rings. The fourth-order valence-electron chi connectivity index (χ4n) is 2.38. The molecule has 1 aliphatic rings. The van der Waals surface area contributed by atoms with Crippen LogP contribution in [-0.4, -0.2) is 18.8 Å². The molecular weight excluding hydrogens is 253 g/mol. The minimum Gasteiger partial charge on any atom is -0.378 e. The highest BCUT2D eigenvalue weighted by Gasteiger charge is 2.21. The van der Waals surface area contributed by atoms with Crippen molar-refractivity contribution in [3.63, 3.8) is 0 Å². The van der Waals surface area contributed by atoms with Gasteiger partial charge >= 0.3 is 0 Å². The predicted molar refractivity (Wildman–Crippen MR) is 71.4 cm³/mol. The molecule has 1 saturated heterocycles. The Labute approximate surface area is 112 Å². The van der Waals surface area contributed by atoms with E-state index in [1.165, 1.54) is 6.07 Å². The smallest absolute Gasteiger partial charge is 0.141 e. The Morgan fingerprint density at radius 3 is 2.94 bits per heavy atom. The summed E-state index contributed by atoms with van der Waals surface area (Å²) in [6, 6.07) is 5.51. The molecule has 1 fully saturated rings. The van der Waals surface area contributed by atoms with Crippen molar-refractivity contribution in [2.75, 3.05) is 6.61 Å². The first-order valence-electron chi connectivity index (χ1n) is 6.39. The van der Waals surface area contributed by atoms with Crippen LogP contribution < -0.4 is 5.32 Å². The number of benzene rings is 1. The quantitative estimate of drug-likeness (QED) is 0.905. The second kappa shape index (κ2) is 6.00. The Balaban J connectivity index is 1.98. The van der Waals surface area contributed by atoms with Gasteiger partial charge in [0, 0.05) is 18.7 Å². The lowest BCUT2D eigenvalue weighted by Gasteiger charge is -2.30. The number of rotatable bonds is 3. The molecule has 0 spiro atoms. The highest BCUT2D eigenvalue weighted by Crippen LogP contribution is 2.23. The maximum absolute atomic E-state index is 13.1. The van der Waals surface area contributed by atoms with E-state index < -0.39 is 0 Å². The van der Waals surface area contributed by atoms with E-state index in [2.05, 4.69) is 19.2 Å². The molecule has 18 heavy (non-hydrogen) atoms. The van der Waals surface area contributed by atoms with Gasteiger partial charge in [0.05, 0.1) is 11.1 Å². The van der Waals surface area contributed by atoms with Crippen molar-refractivity contribution in [2.24, 2.45) is 0 Å². The van der Waals surface area contributed by atoms with E-state index in [0.29, 0.717) is 12.1 Å². The zero-order valence-corrected chi connectivity index (χ0v) is 11.5. The Morgan fingerprint density at radius 1 is 1.50 bits per heavy atom. The van der Waals surface area contributed by atoms with Crippen LogP contribution in [0.5, 0.6) is 0 Å². The lowest BCUT2D eigenvalue weighted by atomic mass is 10.0. The van der Waals surface area contributed by atoms with Crippen molar-refractivity contribution in [3.05, 3.63) is 34.6 Å². The fraction of sp³-hybridized carbons (Fsp3) is 0.571. The van der Waals surface area contributed by atoms with Gasteiger partial charge in [-0.25, -0.2) is 4.39 Å². The van der Waals surface area contributed by atoms with E-state index >= 15 is 0 Å². The summed E-state index contributed by atoms with van der Waals surface area (Å²) in [5.41, 5.74) is 1.01. The van der Waals surface area contributed by atoms with Crippen LogP contribution in [0.3, 0.4) is 0 Å². The normalized spacial score (nSPS) is 26.0. The number of hydrogen-bond acceptors (Lipinski definition) is 2. The zero-order chi connectivity index (χ0) is 13.1. The number of ether oxygens (including phenoxy) is 1. The van der Waals surface area contributed by atoms with Gasteiger partial charge in [0.25, 0.3) is 0 Å². The molecule has 0 saturated carbocycles. The third-order valence-corrected chi connectivity index (χ3v) is 3.70. The Morgan fingerprint density at radius 2 is 2.28 bits per heavy atom.